The molecule has 0 fully saturated rings. The summed E-state index contributed by atoms with van der Waals surface area (Å²) in [7, 11) is 2.00. The normalized spacial score (nSPS) is 17.0. The van der Waals surface area contributed by atoms with Gasteiger partial charge in [-0.25, -0.2) is 9.98 Å². The van der Waals surface area contributed by atoms with E-state index in [1.54, 1.807) is 17.5 Å². The summed E-state index contributed by atoms with van der Waals surface area (Å²) in [6.07, 6.45) is 5.83. The van der Waals surface area contributed by atoms with Gasteiger partial charge in [-0.15, -0.1) is 11.3 Å². The number of amidine groups is 1. The largest absolute Gasteiger partial charge is 0.385 e. The lowest BCUT2D eigenvalue weighted by atomic mass is 10.0. The zero-order valence-corrected chi connectivity index (χ0v) is 14.3. The minimum atomic E-state index is -0.284. The molecule has 4 heterocycles. The van der Waals surface area contributed by atoms with Crippen LogP contribution in [0.5, 0.6) is 0 Å². The number of aromatic nitrogens is 2. The van der Waals surface area contributed by atoms with Gasteiger partial charge >= 0.3 is 0 Å². The Labute approximate surface area is 144 Å². The van der Waals surface area contributed by atoms with Crippen LogP contribution in [-0.2, 0) is 7.05 Å². The number of aryl methyl sites for hydroxylation is 2. The van der Waals surface area contributed by atoms with Crippen molar-refractivity contribution < 1.29 is 0 Å². The molecule has 1 unspecified atom stereocenters. The summed E-state index contributed by atoms with van der Waals surface area (Å²) in [5.41, 5.74) is 10.3. The Balaban J connectivity index is 1.99. The third-order valence-electron chi connectivity index (χ3n) is 4.07. The van der Waals surface area contributed by atoms with Crippen molar-refractivity contribution in [3.8, 4) is 0 Å². The van der Waals surface area contributed by atoms with Crippen molar-refractivity contribution in [2.45, 2.75) is 13.0 Å². The number of hydrogen-bond donors (Lipinski definition) is 1. The first-order chi connectivity index (χ1) is 11.6. The van der Waals surface area contributed by atoms with Crippen LogP contribution >= 0.6 is 11.3 Å². The molecular weight excluding hydrogens is 318 g/mol. The van der Waals surface area contributed by atoms with Crippen molar-refractivity contribution in [1.82, 2.24) is 9.55 Å². The van der Waals surface area contributed by atoms with E-state index in [1.807, 2.05) is 41.4 Å². The molecule has 1 aliphatic heterocycles. The van der Waals surface area contributed by atoms with Crippen LogP contribution in [0.2, 0.25) is 0 Å². The molecular formula is C18H17N5S. The van der Waals surface area contributed by atoms with Crippen LogP contribution in [0.15, 0.2) is 58.2 Å². The SMILES string of the molecule is Cc1ccnc2c1C(c1ccn(C)c1)=NC(c1cccs1)C(N)=N2. The van der Waals surface area contributed by atoms with E-state index in [0.717, 1.165) is 27.3 Å². The Morgan fingerprint density at radius 3 is 2.83 bits per heavy atom. The second kappa shape index (κ2) is 5.72. The van der Waals surface area contributed by atoms with Gasteiger partial charge in [0.25, 0.3) is 0 Å². The van der Waals surface area contributed by atoms with Crippen LogP contribution in [-0.4, -0.2) is 21.1 Å². The van der Waals surface area contributed by atoms with Gasteiger partial charge in [0.2, 0.25) is 0 Å². The van der Waals surface area contributed by atoms with E-state index >= 15 is 0 Å². The second-order valence-electron chi connectivity index (χ2n) is 5.82. The van der Waals surface area contributed by atoms with Gasteiger partial charge in [0.05, 0.1) is 5.71 Å². The van der Waals surface area contributed by atoms with Crippen LogP contribution in [0.3, 0.4) is 0 Å². The lowest BCUT2D eigenvalue weighted by Gasteiger charge is -2.11. The summed E-state index contributed by atoms with van der Waals surface area (Å²) >= 11 is 1.63. The molecule has 0 aromatic carbocycles. The fourth-order valence-electron chi connectivity index (χ4n) is 2.88. The Morgan fingerprint density at radius 1 is 1.25 bits per heavy atom. The van der Waals surface area contributed by atoms with Gasteiger partial charge < -0.3 is 10.3 Å². The van der Waals surface area contributed by atoms with Crippen LogP contribution in [0.4, 0.5) is 5.82 Å². The maximum atomic E-state index is 6.28. The molecule has 1 aliphatic rings. The van der Waals surface area contributed by atoms with E-state index in [1.165, 1.54) is 0 Å². The Kier molecular flexibility index (Phi) is 3.54. The first-order valence-corrected chi connectivity index (χ1v) is 8.55. The predicted octanol–water partition coefficient (Wildman–Crippen LogP) is 3.37. The minimum absolute atomic E-state index is 0.284. The highest BCUT2D eigenvalue weighted by Crippen LogP contribution is 2.32. The zero-order valence-electron chi connectivity index (χ0n) is 13.5. The van der Waals surface area contributed by atoms with E-state index in [-0.39, 0.29) is 6.04 Å². The lowest BCUT2D eigenvalue weighted by molar-refractivity contribution is 0.926. The third-order valence-corrected chi connectivity index (χ3v) is 4.99. The number of hydrogen-bond acceptors (Lipinski definition) is 5. The Bertz CT molecular complexity index is 950. The number of nitrogens with zero attached hydrogens (tertiary/aromatic N) is 4. The molecule has 24 heavy (non-hydrogen) atoms. The highest BCUT2D eigenvalue weighted by molar-refractivity contribution is 7.10. The lowest BCUT2D eigenvalue weighted by Crippen LogP contribution is -2.20. The van der Waals surface area contributed by atoms with Crippen LogP contribution in [0.25, 0.3) is 0 Å². The summed E-state index contributed by atoms with van der Waals surface area (Å²) in [6, 6.07) is 7.80. The first-order valence-electron chi connectivity index (χ1n) is 7.67. The first kappa shape index (κ1) is 14.8. The van der Waals surface area contributed by atoms with Gasteiger partial charge in [0.15, 0.2) is 5.82 Å². The molecule has 0 bridgehead atoms. The van der Waals surface area contributed by atoms with Gasteiger partial charge in [-0.05, 0) is 36.1 Å². The van der Waals surface area contributed by atoms with Gasteiger partial charge in [-0.2, -0.15) is 0 Å². The van der Waals surface area contributed by atoms with Crippen molar-refractivity contribution in [3.63, 3.8) is 0 Å². The fraction of sp³-hybridized carbons (Fsp3) is 0.167. The van der Waals surface area contributed by atoms with Gasteiger partial charge in [-0.3, -0.25) is 4.99 Å². The molecule has 2 N–H and O–H groups in total. The molecule has 5 nitrogen and oxygen atoms in total. The zero-order chi connectivity index (χ0) is 16.7. The third kappa shape index (κ3) is 2.45. The van der Waals surface area contributed by atoms with E-state index < -0.39 is 0 Å². The van der Waals surface area contributed by atoms with Crippen LogP contribution < -0.4 is 5.73 Å². The van der Waals surface area contributed by atoms with Crippen molar-refractivity contribution in [2.75, 3.05) is 0 Å². The second-order valence-corrected chi connectivity index (χ2v) is 6.80. The van der Waals surface area contributed by atoms with E-state index in [4.69, 9.17) is 10.7 Å². The number of nitrogens with two attached hydrogens (primary N) is 1. The van der Waals surface area contributed by atoms with E-state index in [0.29, 0.717) is 11.7 Å². The Morgan fingerprint density at radius 2 is 2.12 bits per heavy atom. The van der Waals surface area contributed by atoms with E-state index in [2.05, 4.69) is 29.2 Å². The summed E-state index contributed by atoms with van der Waals surface area (Å²) in [4.78, 5) is 15.1. The molecule has 0 aliphatic carbocycles. The molecule has 0 radical (unpaired) electrons. The van der Waals surface area contributed by atoms with Crippen molar-refractivity contribution in [1.29, 1.82) is 0 Å². The molecule has 4 rings (SSSR count). The highest BCUT2D eigenvalue weighted by Gasteiger charge is 2.25. The molecule has 120 valence electrons. The predicted molar refractivity (Wildman–Crippen MR) is 98.4 cm³/mol. The molecule has 0 saturated carbocycles. The molecule has 1 atom stereocenters. The quantitative estimate of drug-likeness (QED) is 0.780. The monoisotopic (exact) mass is 335 g/mol. The molecule has 3 aromatic heterocycles. The molecule has 0 saturated heterocycles. The van der Waals surface area contributed by atoms with Gasteiger partial charge in [0.1, 0.15) is 11.9 Å². The summed E-state index contributed by atoms with van der Waals surface area (Å²) in [5, 5.41) is 2.03. The average molecular weight is 335 g/mol. The number of fused-ring (bicyclic) bond motifs is 1. The maximum absolute atomic E-state index is 6.28. The Hall–Kier alpha value is -2.73. The summed E-state index contributed by atoms with van der Waals surface area (Å²) in [6.45, 7) is 2.05. The number of pyridine rings is 1. The molecule has 3 aromatic rings. The topological polar surface area (TPSA) is 68.6 Å². The summed E-state index contributed by atoms with van der Waals surface area (Å²) < 4.78 is 2.01. The number of thiophene rings is 1. The smallest absolute Gasteiger partial charge is 0.163 e. The van der Waals surface area contributed by atoms with Crippen molar-refractivity contribution in [3.05, 3.63) is 69.8 Å². The van der Waals surface area contributed by atoms with Crippen LogP contribution in [0, 0.1) is 6.92 Å². The minimum Gasteiger partial charge on any atom is -0.385 e. The molecule has 6 heteroatoms. The fourth-order valence-corrected chi connectivity index (χ4v) is 3.66. The van der Waals surface area contributed by atoms with Crippen molar-refractivity contribution in [2.24, 2.45) is 22.8 Å². The number of rotatable bonds is 2. The molecule has 0 spiro atoms. The maximum Gasteiger partial charge on any atom is 0.163 e. The molecule has 0 amide bonds. The van der Waals surface area contributed by atoms with Crippen molar-refractivity contribution >= 4 is 28.7 Å². The van der Waals surface area contributed by atoms with Crippen LogP contribution in [0.1, 0.15) is 27.6 Å². The number of aliphatic imine (C=N–C) groups is 2. The summed E-state index contributed by atoms with van der Waals surface area (Å²) in [5.74, 6) is 1.11. The van der Waals surface area contributed by atoms with E-state index in [9.17, 15) is 0 Å². The average Bonchev–Trinajstić information content (AvgIpc) is 3.19. The standard InChI is InChI=1S/C18H17N5S/c1-11-5-7-20-18-14(11)15(12-6-8-23(2)10-12)21-16(17(19)22-18)13-4-3-9-24-13/h3-10,16H,1-2H3,(H2,19,20,22). The highest BCUT2D eigenvalue weighted by atomic mass is 32.1. The van der Waals surface area contributed by atoms with Gasteiger partial charge in [-0.1, -0.05) is 6.07 Å². The van der Waals surface area contributed by atoms with Gasteiger partial charge in [0, 0.05) is 41.6 Å².